The van der Waals surface area contributed by atoms with Crippen molar-refractivity contribution >= 4 is 17.5 Å². The van der Waals surface area contributed by atoms with Gasteiger partial charge < -0.3 is 36.4 Å². The predicted octanol–water partition coefficient (Wildman–Crippen LogP) is 3.29. The average Bonchev–Trinajstić information content (AvgIpc) is 3.94. The zero-order chi connectivity index (χ0) is 32.3. The molecule has 45 heavy (non-hydrogen) atoms. The number of nitrogens with zero attached hydrogens (tertiary/aromatic N) is 1. The number of rotatable bonds is 11. The fraction of sp³-hybridized carbons (Fsp3) is 0.471. The number of aliphatic hydroxyl groups is 1. The van der Waals surface area contributed by atoms with Crippen LogP contribution in [0.15, 0.2) is 47.7 Å². The number of ether oxygens (including phenoxy) is 2. The van der Waals surface area contributed by atoms with Gasteiger partial charge in [-0.3, -0.25) is 9.59 Å². The molecule has 0 radical (unpaired) electrons. The Labute approximate surface area is 261 Å². The van der Waals surface area contributed by atoms with E-state index < -0.39 is 34.1 Å². The van der Waals surface area contributed by atoms with Gasteiger partial charge >= 0.3 is 0 Å². The summed E-state index contributed by atoms with van der Waals surface area (Å²) in [6.07, 6.45) is 6.95. The summed E-state index contributed by atoms with van der Waals surface area (Å²) in [7, 11) is 1.48. The maximum absolute atomic E-state index is 14.1. The number of methoxy groups -OCH3 is 1. The lowest BCUT2D eigenvalue weighted by atomic mass is 9.78. The molecule has 0 bridgehead atoms. The van der Waals surface area contributed by atoms with Crippen molar-refractivity contribution < 1.29 is 28.6 Å². The molecular formula is C34H40FN5O5. The summed E-state index contributed by atoms with van der Waals surface area (Å²) in [4.78, 5) is 31.2. The third-order valence-electron chi connectivity index (χ3n) is 9.67. The van der Waals surface area contributed by atoms with E-state index in [1.54, 1.807) is 38.1 Å². The number of allylic oxidation sites excluding steroid dienone is 1. The first-order valence-electron chi connectivity index (χ1n) is 15.4. The fourth-order valence-electron chi connectivity index (χ4n) is 6.23. The first-order chi connectivity index (χ1) is 21.3. The van der Waals surface area contributed by atoms with Crippen LogP contribution in [0.3, 0.4) is 0 Å². The number of hydrogen-bond donors (Lipinski definition) is 5. The van der Waals surface area contributed by atoms with Gasteiger partial charge in [0.25, 0.3) is 5.91 Å². The number of nitrogens with two attached hydrogens (primary N) is 1. The molecule has 2 aromatic rings. The van der Waals surface area contributed by atoms with Crippen LogP contribution >= 0.6 is 0 Å². The predicted molar refractivity (Wildman–Crippen MR) is 166 cm³/mol. The number of benzene rings is 1. The average molecular weight is 618 g/mol. The summed E-state index contributed by atoms with van der Waals surface area (Å²) in [5.41, 5.74) is 5.28. The lowest BCUT2D eigenvalue weighted by Crippen LogP contribution is -2.45. The smallest absolute Gasteiger partial charge is 0.251 e. The molecule has 10 nitrogen and oxygen atoms in total. The molecule has 3 aliphatic carbocycles. The van der Waals surface area contributed by atoms with Crippen LogP contribution in [-0.4, -0.2) is 60.5 Å². The van der Waals surface area contributed by atoms with Crippen molar-refractivity contribution in [1.29, 1.82) is 5.41 Å². The SMILES string of the molecule is COC1=CC(C(=O)NC[C@](O)(c2cc3c(c(-c4ccc(F)cc4C)n2)OC[C@]3(C)C(N)=O)C2CC2)=CC(C)(CNC2CC2)C1=N. The molecule has 1 aromatic carbocycles. The van der Waals surface area contributed by atoms with Crippen molar-refractivity contribution in [3.8, 4) is 17.0 Å². The quantitative estimate of drug-likeness (QED) is 0.259. The van der Waals surface area contributed by atoms with Crippen LogP contribution in [0.4, 0.5) is 4.39 Å². The second-order valence-corrected chi connectivity index (χ2v) is 13.3. The first kappa shape index (κ1) is 30.9. The van der Waals surface area contributed by atoms with Crippen LogP contribution in [0, 0.1) is 29.5 Å². The van der Waals surface area contributed by atoms with E-state index in [0.717, 1.165) is 25.7 Å². The number of nitrogens with one attached hydrogen (secondary N) is 3. The molecule has 2 heterocycles. The largest absolute Gasteiger partial charge is 0.495 e. The van der Waals surface area contributed by atoms with Gasteiger partial charge in [-0.15, -0.1) is 0 Å². The summed E-state index contributed by atoms with van der Waals surface area (Å²) < 4.78 is 25.5. The Balaban J connectivity index is 1.36. The lowest BCUT2D eigenvalue weighted by molar-refractivity contribution is -0.123. The molecule has 1 aromatic heterocycles. The van der Waals surface area contributed by atoms with Gasteiger partial charge in [0.1, 0.15) is 40.6 Å². The minimum absolute atomic E-state index is 0.000333. The number of hydrogen-bond acceptors (Lipinski definition) is 8. The highest BCUT2D eigenvalue weighted by atomic mass is 19.1. The van der Waals surface area contributed by atoms with E-state index in [0.29, 0.717) is 52.1 Å². The number of primary amides is 1. The summed E-state index contributed by atoms with van der Waals surface area (Å²) in [6, 6.07) is 6.39. The molecule has 3 atom stereocenters. The zero-order valence-electron chi connectivity index (χ0n) is 26.1. The van der Waals surface area contributed by atoms with E-state index in [1.807, 2.05) is 6.92 Å². The van der Waals surface area contributed by atoms with Crippen LogP contribution < -0.4 is 21.1 Å². The summed E-state index contributed by atoms with van der Waals surface area (Å²) in [5, 5.41) is 27.4. The molecule has 6 N–H and O–H groups in total. The second kappa shape index (κ2) is 11.1. The molecule has 11 heteroatoms. The molecule has 2 fully saturated rings. The minimum Gasteiger partial charge on any atom is -0.495 e. The lowest BCUT2D eigenvalue weighted by Gasteiger charge is -2.33. The first-order valence-corrected chi connectivity index (χ1v) is 15.4. The zero-order valence-corrected chi connectivity index (χ0v) is 26.1. The molecule has 1 unspecified atom stereocenters. The van der Waals surface area contributed by atoms with E-state index in [-0.39, 0.29) is 30.5 Å². The van der Waals surface area contributed by atoms with Crippen molar-refractivity contribution in [1.82, 2.24) is 15.6 Å². The van der Waals surface area contributed by atoms with Crippen molar-refractivity contribution in [2.45, 2.75) is 63.5 Å². The Hall–Kier alpha value is -4.09. The molecule has 2 amide bonds. The van der Waals surface area contributed by atoms with E-state index >= 15 is 0 Å². The van der Waals surface area contributed by atoms with Crippen molar-refractivity contribution in [3.63, 3.8) is 0 Å². The second-order valence-electron chi connectivity index (χ2n) is 13.3. The standard InChI is InChI=1S/C34H40FN5O5/c1-18-11-21(35)7-10-23(18)27-28-24(33(3,17-45-28)31(37)42)13-26(40-27)34(43,20-5-6-20)16-39-30(41)19-12-25(44-4)29(36)32(2,14-19)15-38-22-8-9-22/h7,10-14,20,22,36,38,43H,5-6,8-9,15-17H2,1-4H3,(H2,37,42)(H,39,41)/t32?,33-,34+/m0/s1. The number of aryl methyl sites for hydroxylation is 1. The van der Waals surface area contributed by atoms with Crippen LogP contribution in [0.25, 0.3) is 11.3 Å². The van der Waals surface area contributed by atoms with Gasteiger partial charge in [0.05, 0.1) is 25.1 Å². The Bertz CT molecular complexity index is 1660. The third kappa shape index (κ3) is 5.52. The molecule has 6 rings (SSSR count). The number of fused-ring (bicyclic) bond motifs is 1. The third-order valence-corrected chi connectivity index (χ3v) is 9.67. The van der Waals surface area contributed by atoms with Gasteiger partial charge in [-0.05, 0) is 88.3 Å². The van der Waals surface area contributed by atoms with Gasteiger partial charge in [0, 0.05) is 34.7 Å². The van der Waals surface area contributed by atoms with Crippen molar-refractivity contribution in [3.05, 3.63) is 70.4 Å². The van der Waals surface area contributed by atoms with Gasteiger partial charge in [-0.25, -0.2) is 9.37 Å². The Kier molecular flexibility index (Phi) is 7.60. The Morgan fingerprint density at radius 1 is 1.24 bits per heavy atom. The van der Waals surface area contributed by atoms with E-state index in [9.17, 15) is 19.1 Å². The highest BCUT2D eigenvalue weighted by molar-refractivity contribution is 6.08. The summed E-state index contributed by atoms with van der Waals surface area (Å²) in [5.74, 6) is -0.928. The summed E-state index contributed by atoms with van der Waals surface area (Å²) >= 11 is 0. The molecule has 0 spiro atoms. The molecule has 4 aliphatic rings. The molecule has 2 saturated carbocycles. The van der Waals surface area contributed by atoms with Crippen LogP contribution in [-0.2, 0) is 25.3 Å². The van der Waals surface area contributed by atoms with Crippen molar-refractivity contribution in [2.75, 3.05) is 26.8 Å². The highest BCUT2D eigenvalue weighted by Gasteiger charge is 2.50. The topological polar surface area (TPSA) is 160 Å². The molecule has 1 aliphatic heterocycles. The monoisotopic (exact) mass is 617 g/mol. The van der Waals surface area contributed by atoms with E-state index in [1.165, 1.54) is 19.2 Å². The molecule has 0 saturated heterocycles. The number of carbonyl (C=O) groups excluding carboxylic acids is 2. The summed E-state index contributed by atoms with van der Waals surface area (Å²) in [6.45, 7) is 5.68. The Morgan fingerprint density at radius 2 is 1.98 bits per heavy atom. The normalized spacial score (nSPS) is 25.4. The van der Waals surface area contributed by atoms with E-state index in [2.05, 4.69) is 10.6 Å². The van der Waals surface area contributed by atoms with Crippen LogP contribution in [0.5, 0.6) is 5.75 Å². The van der Waals surface area contributed by atoms with Gasteiger partial charge in [0.15, 0.2) is 0 Å². The molecular weight excluding hydrogens is 577 g/mol. The van der Waals surface area contributed by atoms with Crippen molar-refractivity contribution in [2.24, 2.45) is 17.1 Å². The highest BCUT2D eigenvalue weighted by Crippen LogP contribution is 2.50. The maximum atomic E-state index is 14.1. The minimum atomic E-state index is -1.58. The van der Waals surface area contributed by atoms with E-state index in [4.69, 9.17) is 25.6 Å². The van der Waals surface area contributed by atoms with Gasteiger partial charge in [-0.2, -0.15) is 0 Å². The van der Waals surface area contributed by atoms with Gasteiger partial charge in [-0.1, -0.05) is 6.08 Å². The van der Waals surface area contributed by atoms with Gasteiger partial charge in [0.2, 0.25) is 5.91 Å². The number of pyridine rings is 1. The molecule has 238 valence electrons. The number of halogens is 1. The number of aromatic nitrogens is 1. The maximum Gasteiger partial charge on any atom is 0.251 e. The van der Waals surface area contributed by atoms with Crippen LogP contribution in [0.2, 0.25) is 0 Å². The number of carbonyl (C=O) groups is 2. The Morgan fingerprint density at radius 3 is 2.60 bits per heavy atom. The fourth-order valence-corrected chi connectivity index (χ4v) is 6.23. The van der Waals surface area contributed by atoms with Crippen LogP contribution in [0.1, 0.15) is 56.4 Å². The number of amides is 2.